The van der Waals surface area contributed by atoms with Crippen LogP contribution in [0.5, 0.6) is 0 Å². The number of carboxylic acids is 3. The first-order chi connectivity index (χ1) is 8.02. The van der Waals surface area contributed by atoms with Gasteiger partial charge in [0.25, 0.3) is 17.9 Å². The number of carboxylic acid groups (broad SMARTS) is 3. The first kappa shape index (κ1) is 29.8. The lowest BCUT2D eigenvalue weighted by Crippen LogP contribution is -1.78. The highest BCUT2D eigenvalue weighted by atomic mass is 16.4. The second-order valence-electron chi connectivity index (χ2n) is 2.37. The van der Waals surface area contributed by atoms with Crippen LogP contribution < -0.4 is 0 Å². The summed E-state index contributed by atoms with van der Waals surface area (Å²) < 4.78 is 4.25. The first-order valence-electron chi connectivity index (χ1n) is 4.59. The SMILES string of the molecule is C=CC.CC(=O)O.CC(=O)O.CC(=O)O.COC. The molecule has 7 heteroatoms. The molecule has 0 aliphatic carbocycles. The van der Waals surface area contributed by atoms with E-state index in [4.69, 9.17) is 29.7 Å². The van der Waals surface area contributed by atoms with Crippen molar-refractivity contribution in [1.82, 2.24) is 0 Å². The fraction of sp³-hybridized carbons (Fsp3) is 0.545. The Morgan fingerprint density at radius 3 is 0.889 bits per heavy atom. The lowest BCUT2D eigenvalue weighted by atomic mass is 10.8. The Labute approximate surface area is 108 Å². The Morgan fingerprint density at radius 1 is 0.889 bits per heavy atom. The molecule has 0 saturated carbocycles. The van der Waals surface area contributed by atoms with Crippen molar-refractivity contribution in [3.05, 3.63) is 12.7 Å². The van der Waals surface area contributed by atoms with Gasteiger partial charge in [-0.1, -0.05) is 6.08 Å². The van der Waals surface area contributed by atoms with Gasteiger partial charge in [0.05, 0.1) is 0 Å². The first-order valence-corrected chi connectivity index (χ1v) is 4.59. The number of hydrogen-bond donors (Lipinski definition) is 3. The van der Waals surface area contributed by atoms with E-state index in [1.165, 1.54) is 0 Å². The average molecular weight is 268 g/mol. The molecule has 0 heterocycles. The summed E-state index contributed by atoms with van der Waals surface area (Å²) in [5.74, 6) is -2.50. The lowest BCUT2D eigenvalue weighted by Gasteiger charge is -1.61. The quantitative estimate of drug-likeness (QED) is 0.572. The summed E-state index contributed by atoms with van der Waals surface area (Å²) in [7, 11) is 3.25. The number of hydrogen-bond acceptors (Lipinski definition) is 4. The zero-order valence-electron chi connectivity index (χ0n) is 11.8. The molecule has 18 heavy (non-hydrogen) atoms. The minimum absolute atomic E-state index is 0.833. The maximum Gasteiger partial charge on any atom is 0.300 e. The van der Waals surface area contributed by atoms with Gasteiger partial charge < -0.3 is 20.1 Å². The van der Waals surface area contributed by atoms with Crippen LogP contribution in [0.2, 0.25) is 0 Å². The minimum atomic E-state index is -0.833. The Kier molecular flexibility index (Phi) is 60.0. The van der Waals surface area contributed by atoms with Gasteiger partial charge in [0.15, 0.2) is 0 Å². The molecule has 0 unspecified atom stereocenters. The van der Waals surface area contributed by atoms with Crippen LogP contribution >= 0.6 is 0 Å². The van der Waals surface area contributed by atoms with E-state index in [0.717, 1.165) is 20.8 Å². The minimum Gasteiger partial charge on any atom is -0.481 e. The second kappa shape index (κ2) is 36.2. The Bertz CT molecular complexity index is 159. The molecule has 0 aliphatic rings. The third kappa shape index (κ3) is 679. The second-order valence-corrected chi connectivity index (χ2v) is 2.37. The number of aliphatic carboxylic acids is 3. The van der Waals surface area contributed by atoms with E-state index in [1.54, 1.807) is 20.3 Å². The molecule has 0 atom stereocenters. The predicted molar refractivity (Wildman–Crippen MR) is 68.7 cm³/mol. The highest BCUT2D eigenvalue weighted by Crippen LogP contribution is 1.42. The molecule has 0 spiro atoms. The average Bonchev–Trinajstić information content (AvgIpc) is 2.00. The molecule has 3 N–H and O–H groups in total. The molecule has 0 aromatic rings. The monoisotopic (exact) mass is 268 g/mol. The number of rotatable bonds is 0. The third-order valence-electron chi connectivity index (χ3n) is 0. The van der Waals surface area contributed by atoms with Crippen molar-refractivity contribution in [2.45, 2.75) is 27.7 Å². The largest absolute Gasteiger partial charge is 0.481 e. The summed E-state index contributed by atoms with van der Waals surface area (Å²) in [6.07, 6.45) is 1.75. The molecule has 7 nitrogen and oxygen atoms in total. The molecule has 0 radical (unpaired) electrons. The summed E-state index contributed by atoms with van der Waals surface area (Å²) in [5, 5.41) is 22.2. The van der Waals surface area contributed by atoms with E-state index in [-0.39, 0.29) is 0 Å². The van der Waals surface area contributed by atoms with Crippen LogP contribution in [0.25, 0.3) is 0 Å². The van der Waals surface area contributed by atoms with E-state index < -0.39 is 17.9 Å². The van der Waals surface area contributed by atoms with Crippen molar-refractivity contribution in [1.29, 1.82) is 0 Å². The molecule has 0 aliphatic heterocycles. The van der Waals surface area contributed by atoms with Gasteiger partial charge in [0.2, 0.25) is 0 Å². The molecule has 0 saturated heterocycles. The fourth-order valence-electron chi connectivity index (χ4n) is 0. The van der Waals surface area contributed by atoms with Gasteiger partial charge in [0, 0.05) is 35.0 Å². The molecule has 0 amide bonds. The number of methoxy groups -OCH3 is 1. The summed E-state index contributed by atoms with van der Waals surface area (Å²) in [6.45, 7) is 8.50. The molecule has 0 fully saturated rings. The summed E-state index contributed by atoms with van der Waals surface area (Å²) in [5.41, 5.74) is 0. The van der Waals surface area contributed by atoms with Crippen LogP contribution in [0, 0.1) is 0 Å². The van der Waals surface area contributed by atoms with Gasteiger partial charge in [-0.15, -0.1) is 6.58 Å². The van der Waals surface area contributed by atoms with Crippen LogP contribution in [-0.2, 0) is 19.1 Å². The Balaban J connectivity index is -0.0000000394. The van der Waals surface area contributed by atoms with Crippen molar-refractivity contribution in [2.24, 2.45) is 0 Å². The van der Waals surface area contributed by atoms with Gasteiger partial charge in [-0.05, 0) is 6.92 Å². The predicted octanol–water partition coefficient (Wildman–Crippen LogP) is 1.73. The molecule has 0 bridgehead atoms. The molecule has 0 aromatic carbocycles. The number of allylic oxidation sites excluding steroid dienone is 1. The van der Waals surface area contributed by atoms with E-state index in [9.17, 15) is 0 Å². The van der Waals surface area contributed by atoms with E-state index in [2.05, 4.69) is 11.3 Å². The van der Waals surface area contributed by atoms with E-state index in [1.807, 2.05) is 6.92 Å². The smallest absolute Gasteiger partial charge is 0.300 e. The number of carbonyl (C=O) groups is 3. The standard InChI is InChI=1S/C3H6.3C2H4O2.C2H6O/c1-3-2;3*1-2(3)4;1-3-2/h3H,1H2,2H3;3*1H3,(H,3,4);1-2H3. The summed E-state index contributed by atoms with van der Waals surface area (Å²) in [4.78, 5) is 27.0. The van der Waals surface area contributed by atoms with Crippen LogP contribution in [0.4, 0.5) is 0 Å². The van der Waals surface area contributed by atoms with E-state index in [0.29, 0.717) is 0 Å². The van der Waals surface area contributed by atoms with Gasteiger partial charge in [0.1, 0.15) is 0 Å². The third-order valence-corrected chi connectivity index (χ3v) is 0. The topological polar surface area (TPSA) is 121 Å². The van der Waals surface area contributed by atoms with Gasteiger partial charge >= 0.3 is 0 Å². The van der Waals surface area contributed by atoms with Crippen LogP contribution in [0.3, 0.4) is 0 Å². The van der Waals surface area contributed by atoms with E-state index >= 15 is 0 Å². The molecular formula is C11H24O7. The zero-order valence-corrected chi connectivity index (χ0v) is 11.8. The summed E-state index contributed by atoms with van der Waals surface area (Å²) in [6, 6.07) is 0. The Hall–Kier alpha value is -1.89. The van der Waals surface area contributed by atoms with Gasteiger partial charge in [-0.25, -0.2) is 0 Å². The van der Waals surface area contributed by atoms with Crippen molar-refractivity contribution < 1.29 is 34.4 Å². The van der Waals surface area contributed by atoms with Crippen molar-refractivity contribution in [3.8, 4) is 0 Å². The maximum atomic E-state index is 9.00. The van der Waals surface area contributed by atoms with Crippen molar-refractivity contribution >= 4 is 17.9 Å². The molecule has 110 valence electrons. The molecule has 0 rings (SSSR count). The lowest BCUT2D eigenvalue weighted by molar-refractivity contribution is -0.135. The van der Waals surface area contributed by atoms with Crippen molar-refractivity contribution in [3.63, 3.8) is 0 Å². The number of ether oxygens (including phenoxy) is 1. The summed E-state index contributed by atoms with van der Waals surface area (Å²) >= 11 is 0. The fourth-order valence-corrected chi connectivity index (χ4v) is 0. The van der Waals surface area contributed by atoms with Gasteiger partial charge in [-0.2, -0.15) is 0 Å². The van der Waals surface area contributed by atoms with Crippen LogP contribution in [0.15, 0.2) is 12.7 Å². The van der Waals surface area contributed by atoms with Crippen molar-refractivity contribution in [2.75, 3.05) is 14.2 Å². The normalized spacial score (nSPS) is 5.89. The highest BCUT2D eigenvalue weighted by Gasteiger charge is 1.66. The zero-order chi connectivity index (χ0) is 16.1. The highest BCUT2D eigenvalue weighted by molar-refractivity contribution is 5.63. The van der Waals surface area contributed by atoms with Gasteiger partial charge in [-0.3, -0.25) is 14.4 Å². The van der Waals surface area contributed by atoms with Crippen LogP contribution in [0.1, 0.15) is 27.7 Å². The molecule has 0 aromatic heterocycles. The maximum absolute atomic E-state index is 9.00. The Morgan fingerprint density at radius 2 is 0.889 bits per heavy atom. The molecular weight excluding hydrogens is 244 g/mol. The van der Waals surface area contributed by atoms with Crippen LogP contribution in [-0.4, -0.2) is 47.4 Å².